The summed E-state index contributed by atoms with van der Waals surface area (Å²) in [4.78, 5) is 4.41. The minimum absolute atomic E-state index is 0.375. The van der Waals surface area contributed by atoms with Gasteiger partial charge in [-0.1, -0.05) is 0 Å². The van der Waals surface area contributed by atoms with E-state index < -0.39 is 0 Å². The fourth-order valence-corrected chi connectivity index (χ4v) is 3.04. The average Bonchev–Trinajstić information content (AvgIpc) is 3.19. The Kier molecular flexibility index (Phi) is 2.87. The molecule has 0 spiro atoms. The summed E-state index contributed by atoms with van der Waals surface area (Å²) in [5.41, 5.74) is 1.51. The summed E-state index contributed by atoms with van der Waals surface area (Å²) in [7, 11) is 2.06. The van der Waals surface area contributed by atoms with E-state index in [0.717, 1.165) is 41.8 Å². The molecule has 0 N–H and O–H groups in total. The molecule has 0 aromatic carbocycles. The molecular weight excluding hydrogens is 320 g/mol. The molecule has 0 unspecified atom stereocenters. The smallest absolute Gasteiger partial charge is 0.178 e. The number of hydrogen-bond acceptors (Lipinski definition) is 8. The summed E-state index contributed by atoms with van der Waals surface area (Å²) in [6, 6.07) is 8.20. The van der Waals surface area contributed by atoms with Crippen molar-refractivity contribution in [3.63, 3.8) is 0 Å². The van der Waals surface area contributed by atoms with Crippen molar-refractivity contribution in [1.82, 2.24) is 39.6 Å². The molecule has 0 bridgehead atoms. The molecular formula is C15H16N10. The summed E-state index contributed by atoms with van der Waals surface area (Å²) < 4.78 is 3.46. The van der Waals surface area contributed by atoms with Gasteiger partial charge in [0.25, 0.3) is 0 Å². The molecule has 1 saturated heterocycles. The van der Waals surface area contributed by atoms with Crippen LogP contribution in [-0.4, -0.2) is 65.8 Å². The van der Waals surface area contributed by atoms with Gasteiger partial charge in [0.15, 0.2) is 17.1 Å². The molecule has 5 heterocycles. The minimum atomic E-state index is 0.375. The zero-order valence-electron chi connectivity index (χ0n) is 13.9. The molecule has 0 aliphatic carbocycles. The third-order valence-corrected chi connectivity index (χ3v) is 4.65. The molecule has 25 heavy (non-hydrogen) atoms. The van der Waals surface area contributed by atoms with Crippen molar-refractivity contribution < 1.29 is 0 Å². The molecule has 0 atom stereocenters. The fourth-order valence-electron chi connectivity index (χ4n) is 3.04. The van der Waals surface area contributed by atoms with E-state index in [1.54, 1.807) is 15.4 Å². The Bertz CT molecular complexity index is 1060. The van der Waals surface area contributed by atoms with Crippen molar-refractivity contribution in [2.75, 3.05) is 29.9 Å². The molecule has 1 aliphatic heterocycles. The molecule has 10 nitrogen and oxygen atoms in total. The second kappa shape index (κ2) is 5.10. The first-order valence-electron chi connectivity index (χ1n) is 8.03. The van der Waals surface area contributed by atoms with Crippen LogP contribution in [0, 0.1) is 6.92 Å². The molecule has 0 radical (unpaired) electrons. The topological polar surface area (TPSA) is 92.6 Å². The number of anilines is 2. The van der Waals surface area contributed by atoms with Gasteiger partial charge in [-0.15, -0.1) is 30.6 Å². The lowest BCUT2D eigenvalue weighted by Gasteiger charge is -2.44. The Morgan fingerprint density at radius 1 is 1.00 bits per heavy atom. The largest absolute Gasteiger partial charge is 0.352 e. The van der Waals surface area contributed by atoms with Gasteiger partial charge in [0.1, 0.15) is 18.0 Å². The van der Waals surface area contributed by atoms with Crippen LogP contribution in [0.2, 0.25) is 0 Å². The SMILES string of the molecule is Cc1nnc2ccc(N(C)C3CN(c4ccc5nncn5n4)C3)nn12. The summed E-state index contributed by atoms with van der Waals surface area (Å²) in [5, 5.41) is 25.1. The first-order valence-corrected chi connectivity index (χ1v) is 8.03. The van der Waals surface area contributed by atoms with Crippen LogP contribution >= 0.6 is 0 Å². The Morgan fingerprint density at radius 2 is 1.84 bits per heavy atom. The van der Waals surface area contributed by atoms with Gasteiger partial charge in [-0.25, -0.2) is 0 Å². The Labute approximate surface area is 142 Å². The lowest BCUT2D eigenvalue weighted by Crippen LogP contribution is -2.59. The highest BCUT2D eigenvalue weighted by Crippen LogP contribution is 2.24. The van der Waals surface area contributed by atoms with E-state index >= 15 is 0 Å². The molecule has 126 valence electrons. The molecule has 1 fully saturated rings. The first-order chi connectivity index (χ1) is 12.2. The molecule has 1 aliphatic rings. The van der Waals surface area contributed by atoms with E-state index in [1.807, 2.05) is 31.2 Å². The molecule has 10 heteroatoms. The second-order valence-electron chi connectivity index (χ2n) is 6.20. The number of hydrogen-bond donors (Lipinski definition) is 0. The van der Waals surface area contributed by atoms with Gasteiger partial charge >= 0.3 is 0 Å². The zero-order chi connectivity index (χ0) is 17.0. The normalized spacial score (nSPS) is 15.0. The highest BCUT2D eigenvalue weighted by molar-refractivity contribution is 5.51. The van der Waals surface area contributed by atoms with Crippen molar-refractivity contribution in [3.8, 4) is 0 Å². The van der Waals surface area contributed by atoms with Crippen LogP contribution in [-0.2, 0) is 0 Å². The summed E-state index contributed by atoms with van der Waals surface area (Å²) in [5.74, 6) is 2.62. The van der Waals surface area contributed by atoms with E-state index in [0.29, 0.717) is 6.04 Å². The Balaban J connectivity index is 1.33. The Hall–Kier alpha value is -3.30. The van der Waals surface area contributed by atoms with Crippen LogP contribution in [0.3, 0.4) is 0 Å². The number of fused-ring (bicyclic) bond motifs is 2. The molecule has 0 saturated carbocycles. The van der Waals surface area contributed by atoms with Crippen molar-refractivity contribution in [2.45, 2.75) is 13.0 Å². The number of nitrogens with zero attached hydrogens (tertiary/aromatic N) is 10. The van der Waals surface area contributed by atoms with E-state index in [2.05, 4.69) is 47.4 Å². The zero-order valence-corrected chi connectivity index (χ0v) is 13.9. The van der Waals surface area contributed by atoms with Crippen LogP contribution in [0.1, 0.15) is 5.82 Å². The number of aromatic nitrogens is 8. The monoisotopic (exact) mass is 336 g/mol. The average molecular weight is 336 g/mol. The molecule has 4 aromatic heterocycles. The summed E-state index contributed by atoms with van der Waals surface area (Å²) in [6.07, 6.45) is 1.61. The number of rotatable bonds is 3. The van der Waals surface area contributed by atoms with Crippen LogP contribution in [0.5, 0.6) is 0 Å². The maximum Gasteiger partial charge on any atom is 0.178 e. The van der Waals surface area contributed by atoms with Crippen molar-refractivity contribution in [2.24, 2.45) is 0 Å². The summed E-state index contributed by atoms with van der Waals surface area (Å²) in [6.45, 7) is 3.67. The lowest BCUT2D eigenvalue weighted by molar-refractivity contribution is 0.485. The van der Waals surface area contributed by atoms with Crippen molar-refractivity contribution >= 4 is 22.9 Å². The quantitative estimate of drug-likeness (QED) is 0.524. The highest BCUT2D eigenvalue weighted by Gasteiger charge is 2.32. The predicted octanol–water partition coefficient (Wildman–Crippen LogP) is 0.195. The van der Waals surface area contributed by atoms with Crippen molar-refractivity contribution in [1.29, 1.82) is 0 Å². The number of likely N-dealkylation sites (N-methyl/N-ethyl adjacent to an activating group) is 1. The minimum Gasteiger partial charge on any atom is -0.352 e. The van der Waals surface area contributed by atoms with E-state index in [4.69, 9.17) is 0 Å². The van der Waals surface area contributed by atoms with Crippen LogP contribution in [0.25, 0.3) is 11.3 Å². The first kappa shape index (κ1) is 14.1. The van der Waals surface area contributed by atoms with Crippen molar-refractivity contribution in [3.05, 3.63) is 36.4 Å². The third-order valence-electron chi connectivity index (χ3n) is 4.65. The summed E-state index contributed by atoms with van der Waals surface area (Å²) >= 11 is 0. The fraction of sp³-hybridized carbons (Fsp3) is 0.333. The van der Waals surface area contributed by atoms with Gasteiger partial charge in [-0.2, -0.15) is 9.03 Å². The van der Waals surface area contributed by atoms with E-state index in [9.17, 15) is 0 Å². The third kappa shape index (κ3) is 2.17. The standard InChI is InChI=1S/C15H16N10/c1-10-17-19-13-4-5-14(21-25(10)13)22(2)11-7-23(8-11)15-6-3-12-18-16-9-24(12)20-15/h3-6,9,11H,7-8H2,1-2H3. The van der Waals surface area contributed by atoms with Gasteiger partial charge in [0.05, 0.1) is 6.04 Å². The predicted molar refractivity (Wildman–Crippen MR) is 90.7 cm³/mol. The van der Waals surface area contributed by atoms with Gasteiger partial charge in [-0.3, -0.25) is 0 Å². The Morgan fingerprint density at radius 3 is 2.72 bits per heavy atom. The van der Waals surface area contributed by atoms with Crippen LogP contribution in [0.4, 0.5) is 11.6 Å². The second-order valence-corrected chi connectivity index (χ2v) is 6.20. The molecule has 4 aromatic rings. The lowest BCUT2D eigenvalue weighted by atomic mass is 10.1. The van der Waals surface area contributed by atoms with Gasteiger partial charge in [0, 0.05) is 20.1 Å². The van der Waals surface area contributed by atoms with Gasteiger partial charge in [-0.05, 0) is 31.2 Å². The highest BCUT2D eigenvalue weighted by atomic mass is 15.4. The van der Waals surface area contributed by atoms with Crippen LogP contribution in [0.15, 0.2) is 30.6 Å². The van der Waals surface area contributed by atoms with Gasteiger partial charge in [0.2, 0.25) is 0 Å². The van der Waals surface area contributed by atoms with Crippen LogP contribution < -0.4 is 9.80 Å². The van der Waals surface area contributed by atoms with Gasteiger partial charge < -0.3 is 9.80 Å². The maximum atomic E-state index is 4.63. The maximum absolute atomic E-state index is 4.63. The number of aryl methyl sites for hydroxylation is 1. The van der Waals surface area contributed by atoms with E-state index in [1.165, 1.54) is 0 Å². The van der Waals surface area contributed by atoms with E-state index in [-0.39, 0.29) is 0 Å². The molecule has 0 amide bonds. The molecule has 5 rings (SSSR count).